The summed E-state index contributed by atoms with van der Waals surface area (Å²) >= 11 is 0. The van der Waals surface area contributed by atoms with Crippen LogP contribution in [-0.2, 0) is 0 Å². The van der Waals surface area contributed by atoms with Crippen molar-refractivity contribution in [2.24, 2.45) is 5.73 Å². The molecule has 2 aromatic carbocycles. The molecule has 2 aromatic rings. The zero-order chi connectivity index (χ0) is 14.2. The summed E-state index contributed by atoms with van der Waals surface area (Å²) in [7, 11) is 0. The number of hydrogen-bond donors (Lipinski definition) is 1. The Kier molecular flexibility index (Phi) is 5.44. The second-order valence-corrected chi connectivity index (χ2v) is 4.60. The Morgan fingerprint density at radius 3 is 2.25 bits per heavy atom. The molecule has 3 nitrogen and oxygen atoms in total. The summed E-state index contributed by atoms with van der Waals surface area (Å²) in [5.74, 6) is 1.70. The molecule has 0 spiro atoms. The van der Waals surface area contributed by atoms with Gasteiger partial charge in [0.25, 0.3) is 0 Å². The van der Waals surface area contributed by atoms with Crippen LogP contribution in [0.5, 0.6) is 11.5 Å². The fraction of sp³-hybridized carbons (Fsp3) is 0.294. The molecule has 20 heavy (non-hydrogen) atoms. The molecule has 0 amide bonds. The molecule has 3 heteroatoms. The van der Waals surface area contributed by atoms with Crippen molar-refractivity contribution >= 4 is 0 Å². The fourth-order valence-corrected chi connectivity index (χ4v) is 1.91. The molecule has 0 aliphatic rings. The van der Waals surface area contributed by atoms with Gasteiger partial charge in [-0.2, -0.15) is 0 Å². The Hall–Kier alpha value is -2.00. The van der Waals surface area contributed by atoms with Gasteiger partial charge in [-0.15, -0.1) is 0 Å². The molecule has 0 aliphatic heterocycles. The number of benzene rings is 2. The molecule has 1 atom stereocenters. The van der Waals surface area contributed by atoms with Gasteiger partial charge in [0.1, 0.15) is 24.7 Å². The summed E-state index contributed by atoms with van der Waals surface area (Å²) < 4.78 is 11.3. The molecule has 0 aliphatic carbocycles. The highest BCUT2D eigenvalue weighted by atomic mass is 16.5. The van der Waals surface area contributed by atoms with Crippen LogP contribution in [0, 0.1) is 0 Å². The van der Waals surface area contributed by atoms with Gasteiger partial charge in [-0.25, -0.2) is 0 Å². The minimum Gasteiger partial charge on any atom is -0.490 e. The van der Waals surface area contributed by atoms with E-state index in [4.69, 9.17) is 15.2 Å². The Morgan fingerprint density at radius 1 is 0.900 bits per heavy atom. The molecule has 0 radical (unpaired) electrons. The number of hydrogen-bond acceptors (Lipinski definition) is 3. The Balaban J connectivity index is 1.79. The number of nitrogens with two attached hydrogens (primary N) is 1. The Morgan fingerprint density at radius 2 is 1.55 bits per heavy atom. The van der Waals surface area contributed by atoms with Gasteiger partial charge in [0.05, 0.1) is 0 Å². The molecule has 0 saturated heterocycles. The lowest BCUT2D eigenvalue weighted by molar-refractivity contribution is 0.217. The standard InChI is InChI=1S/C17H21NO2/c1-2-17(18)14-7-6-10-16(13-14)20-12-11-19-15-8-4-3-5-9-15/h3-10,13,17H,2,11-12,18H2,1H3. The van der Waals surface area contributed by atoms with Crippen LogP contribution in [-0.4, -0.2) is 13.2 Å². The average molecular weight is 271 g/mol. The monoisotopic (exact) mass is 271 g/mol. The first kappa shape index (κ1) is 14.4. The molecule has 106 valence electrons. The summed E-state index contributed by atoms with van der Waals surface area (Å²) in [5, 5.41) is 0. The molecule has 0 fully saturated rings. The van der Waals surface area contributed by atoms with Crippen LogP contribution in [0.2, 0.25) is 0 Å². The van der Waals surface area contributed by atoms with Crippen LogP contribution in [0.3, 0.4) is 0 Å². The molecule has 2 rings (SSSR count). The minimum atomic E-state index is 0.0686. The van der Waals surface area contributed by atoms with Crippen LogP contribution < -0.4 is 15.2 Å². The van der Waals surface area contributed by atoms with Gasteiger partial charge in [0.2, 0.25) is 0 Å². The van der Waals surface area contributed by atoms with E-state index in [1.54, 1.807) is 0 Å². The summed E-state index contributed by atoms with van der Waals surface area (Å²) in [5.41, 5.74) is 7.12. The van der Waals surface area contributed by atoms with Gasteiger partial charge in [-0.3, -0.25) is 0 Å². The SMILES string of the molecule is CCC(N)c1cccc(OCCOc2ccccc2)c1. The third kappa shape index (κ3) is 4.28. The maximum absolute atomic E-state index is 6.01. The Labute approximate surface area is 120 Å². The molecular formula is C17H21NO2. The van der Waals surface area contributed by atoms with Gasteiger partial charge in [0, 0.05) is 6.04 Å². The predicted octanol–water partition coefficient (Wildman–Crippen LogP) is 3.55. The molecular weight excluding hydrogens is 250 g/mol. The zero-order valence-corrected chi connectivity index (χ0v) is 11.8. The van der Waals surface area contributed by atoms with Crippen LogP contribution in [0.15, 0.2) is 54.6 Å². The van der Waals surface area contributed by atoms with Crippen LogP contribution in [0.25, 0.3) is 0 Å². The van der Waals surface area contributed by atoms with Gasteiger partial charge in [-0.05, 0) is 36.2 Å². The summed E-state index contributed by atoms with van der Waals surface area (Å²) in [6.07, 6.45) is 0.917. The lowest BCUT2D eigenvalue weighted by Gasteiger charge is -2.12. The van der Waals surface area contributed by atoms with Crippen LogP contribution >= 0.6 is 0 Å². The molecule has 0 bridgehead atoms. The van der Waals surface area contributed by atoms with E-state index in [-0.39, 0.29) is 6.04 Å². The highest BCUT2D eigenvalue weighted by Gasteiger charge is 2.04. The van der Waals surface area contributed by atoms with E-state index in [9.17, 15) is 0 Å². The maximum atomic E-state index is 6.01. The van der Waals surface area contributed by atoms with E-state index < -0.39 is 0 Å². The van der Waals surface area contributed by atoms with Crippen molar-refractivity contribution in [3.63, 3.8) is 0 Å². The average Bonchev–Trinajstić information content (AvgIpc) is 2.52. The third-order valence-corrected chi connectivity index (χ3v) is 3.09. The zero-order valence-electron chi connectivity index (χ0n) is 11.8. The van der Waals surface area contributed by atoms with E-state index in [0.29, 0.717) is 13.2 Å². The molecule has 0 heterocycles. The number of para-hydroxylation sites is 1. The quantitative estimate of drug-likeness (QED) is 0.783. The highest BCUT2D eigenvalue weighted by Crippen LogP contribution is 2.19. The van der Waals surface area contributed by atoms with Crippen molar-refractivity contribution in [1.29, 1.82) is 0 Å². The lowest BCUT2D eigenvalue weighted by Crippen LogP contribution is -2.11. The van der Waals surface area contributed by atoms with Crippen molar-refractivity contribution in [3.05, 3.63) is 60.2 Å². The van der Waals surface area contributed by atoms with Gasteiger partial charge < -0.3 is 15.2 Å². The van der Waals surface area contributed by atoms with E-state index in [1.807, 2.05) is 54.6 Å². The smallest absolute Gasteiger partial charge is 0.122 e. The molecule has 2 N–H and O–H groups in total. The minimum absolute atomic E-state index is 0.0686. The van der Waals surface area contributed by atoms with Gasteiger partial charge in [-0.1, -0.05) is 37.3 Å². The first-order chi connectivity index (χ1) is 9.79. The van der Waals surface area contributed by atoms with E-state index in [2.05, 4.69) is 6.92 Å². The second kappa shape index (κ2) is 7.56. The highest BCUT2D eigenvalue weighted by molar-refractivity contribution is 5.30. The van der Waals surface area contributed by atoms with Crippen LogP contribution in [0.1, 0.15) is 24.9 Å². The van der Waals surface area contributed by atoms with Crippen molar-refractivity contribution in [1.82, 2.24) is 0 Å². The summed E-state index contributed by atoms with van der Waals surface area (Å²) in [4.78, 5) is 0. The van der Waals surface area contributed by atoms with E-state index in [0.717, 1.165) is 23.5 Å². The normalized spacial score (nSPS) is 11.9. The third-order valence-electron chi connectivity index (χ3n) is 3.09. The topological polar surface area (TPSA) is 44.5 Å². The first-order valence-corrected chi connectivity index (χ1v) is 6.96. The maximum Gasteiger partial charge on any atom is 0.122 e. The molecule has 1 unspecified atom stereocenters. The molecule has 0 aromatic heterocycles. The van der Waals surface area contributed by atoms with Crippen LogP contribution in [0.4, 0.5) is 0 Å². The van der Waals surface area contributed by atoms with Gasteiger partial charge in [0.15, 0.2) is 0 Å². The lowest BCUT2D eigenvalue weighted by atomic mass is 10.1. The van der Waals surface area contributed by atoms with Crippen molar-refractivity contribution in [2.45, 2.75) is 19.4 Å². The predicted molar refractivity (Wildman–Crippen MR) is 81.1 cm³/mol. The Bertz CT molecular complexity index is 513. The summed E-state index contributed by atoms with van der Waals surface area (Å²) in [6, 6.07) is 17.7. The number of rotatable bonds is 7. The van der Waals surface area contributed by atoms with Crippen molar-refractivity contribution < 1.29 is 9.47 Å². The molecule has 0 saturated carbocycles. The fourth-order valence-electron chi connectivity index (χ4n) is 1.91. The van der Waals surface area contributed by atoms with Crippen molar-refractivity contribution in [3.8, 4) is 11.5 Å². The first-order valence-electron chi connectivity index (χ1n) is 6.96. The summed E-state index contributed by atoms with van der Waals surface area (Å²) in [6.45, 7) is 3.11. The van der Waals surface area contributed by atoms with Gasteiger partial charge >= 0.3 is 0 Å². The second-order valence-electron chi connectivity index (χ2n) is 4.60. The van der Waals surface area contributed by atoms with Crippen molar-refractivity contribution in [2.75, 3.05) is 13.2 Å². The van der Waals surface area contributed by atoms with E-state index in [1.165, 1.54) is 0 Å². The number of ether oxygens (including phenoxy) is 2. The largest absolute Gasteiger partial charge is 0.490 e. The van der Waals surface area contributed by atoms with E-state index >= 15 is 0 Å².